The van der Waals surface area contributed by atoms with Crippen LogP contribution < -0.4 is 10.2 Å². The Kier molecular flexibility index (Phi) is 5.80. The number of carbonyl (C=O) groups is 2. The molecular weight excluding hydrogens is 428 g/mol. The largest absolute Gasteiger partial charge is 0.450 e. The third-order valence-corrected chi connectivity index (χ3v) is 6.26. The summed E-state index contributed by atoms with van der Waals surface area (Å²) in [5.41, 5.74) is 3.75. The van der Waals surface area contributed by atoms with E-state index in [-0.39, 0.29) is 10.7 Å². The zero-order valence-electron chi connectivity index (χ0n) is 17.3. The van der Waals surface area contributed by atoms with Gasteiger partial charge >= 0.3 is 0 Å². The van der Waals surface area contributed by atoms with Crippen LogP contribution in [-0.4, -0.2) is 16.9 Å². The summed E-state index contributed by atoms with van der Waals surface area (Å²) < 4.78 is 5.83. The molecule has 1 N–H and O–H groups in total. The lowest BCUT2D eigenvalue weighted by atomic mass is 10.0. The van der Waals surface area contributed by atoms with Gasteiger partial charge in [-0.2, -0.15) is 0 Å². The summed E-state index contributed by atoms with van der Waals surface area (Å²) in [7, 11) is 0. The van der Waals surface area contributed by atoms with Gasteiger partial charge in [-0.1, -0.05) is 41.6 Å². The highest BCUT2D eigenvalue weighted by molar-refractivity contribution is 7.99. The van der Waals surface area contributed by atoms with Gasteiger partial charge in [-0.25, -0.2) is 0 Å². The van der Waals surface area contributed by atoms with Crippen molar-refractivity contribution in [3.63, 3.8) is 0 Å². The number of aryl methyl sites for hydroxylation is 2. The predicted molar refractivity (Wildman–Crippen MR) is 126 cm³/mol. The Hall–Kier alpha value is -3.16. The maximum absolute atomic E-state index is 13.2. The van der Waals surface area contributed by atoms with Crippen LogP contribution >= 0.6 is 24.0 Å². The highest BCUT2D eigenvalue weighted by Crippen LogP contribution is 2.31. The van der Waals surface area contributed by atoms with Gasteiger partial charge in [0.25, 0.3) is 11.8 Å². The van der Waals surface area contributed by atoms with Crippen molar-refractivity contribution in [2.24, 2.45) is 0 Å². The molecule has 3 aromatic rings. The van der Waals surface area contributed by atoms with E-state index in [1.807, 2.05) is 69.3 Å². The first kappa shape index (κ1) is 21.1. The lowest BCUT2D eigenvalue weighted by molar-refractivity contribution is -0.122. The van der Waals surface area contributed by atoms with Crippen LogP contribution in [0.25, 0.3) is 6.08 Å². The molecule has 1 fully saturated rings. The number of hydrogen-bond donors (Lipinski definition) is 1. The number of nitrogens with one attached hydrogen (secondary N) is 1. The molecule has 0 bridgehead atoms. The van der Waals surface area contributed by atoms with Crippen LogP contribution in [0.15, 0.2) is 74.6 Å². The van der Waals surface area contributed by atoms with E-state index in [1.54, 1.807) is 6.07 Å². The highest BCUT2D eigenvalue weighted by atomic mass is 32.2. The fourth-order valence-electron chi connectivity index (χ4n) is 3.19. The van der Waals surface area contributed by atoms with Crippen molar-refractivity contribution in [2.75, 3.05) is 4.90 Å². The molecular formula is C24H20N2O3S2. The number of amides is 2. The molecule has 1 aliphatic rings. The summed E-state index contributed by atoms with van der Waals surface area (Å²) in [6, 6.07) is 17.3. The molecule has 2 aromatic carbocycles. The standard InChI is InChI=1S/C24H20N2O3S2/c1-14-7-10-18(11-8-14)31-21-12-9-17(29-21)13-19-22(27)25-24(30)26(23(19)28)20-6-4-5-15(2)16(20)3/h4-13H,1-3H3,(H,25,27,30)/b19-13+. The lowest BCUT2D eigenvalue weighted by Crippen LogP contribution is -2.54. The molecule has 0 saturated carbocycles. The van der Waals surface area contributed by atoms with Gasteiger partial charge in [-0.05, 0) is 80.5 Å². The molecule has 1 aromatic heterocycles. The Morgan fingerprint density at radius 2 is 1.74 bits per heavy atom. The van der Waals surface area contributed by atoms with E-state index < -0.39 is 11.8 Å². The molecule has 0 atom stereocenters. The molecule has 156 valence electrons. The fraction of sp³-hybridized carbons (Fsp3) is 0.125. The minimum atomic E-state index is -0.541. The molecule has 5 nitrogen and oxygen atoms in total. The van der Waals surface area contributed by atoms with Crippen molar-refractivity contribution in [3.8, 4) is 0 Å². The van der Waals surface area contributed by atoms with Crippen molar-refractivity contribution < 1.29 is 14.0 Å². The molecule has 7 heteroatoms. The average Bonchev–Trinajstić information content (AvgIpc) is 3.17. The predicted octanol–water partition coefficient (Wildman–Crippen LogP) is 5.19. The van der Waals surface area contributed by atoms with Gasteiger partial charge in [0, 0.05) is 4.90 Å². The van der Waals surface area contributed by atoms with E-state index in [0.29, 0.717) is 16.5 Å². The van der Waals surface area contributed by atoms with Crippen LogP contribution in [0.5, 0.6) is 0 Å². The number of carbonyl (C=O) groups excluding carboxylic acids is 2. The van der Waals surface area contributed by atoms with Gasteiger partial charge in [0.15, 0.2) is 10.2 Å². The van der Waals surface area contributed by atoms with Gasteiger partial charge < -0.3 is 4.42 Å². The van der Waals surface area contributed by atoms with Crippen LogP contribution in [0.3, 0.4) is 0 Å². The molecule has 0 unspecified atom stereocenters. The molecule has 1 aliphatic heterocycles. The molecule has 1 saturated heterocycles. The first-order valence-corrected chi connectivity index (χ1v) is 10.9. The SMILES string of the molecule is Cc1ccc(Sc2ccc(/C=C3\C(=O)NC(=S)N(c4cccc(C)c4C)C3=O)o2)cc1. The summed E-state index contributed by atoms with van der Waals surface area (Å²) in [5.74, 6) is -0.603. The number of nitrogens with zero attached hydrogens (tertiary/aromatic N) is 1. The summed E-state index contributed by atoms with van der Waals surface area (Å²) in [6.45, 7) is 5.91. The maximum Gasteiger partial charge on any atom is 0.270 e. The summed E-state index contributed by atoms with van der Waals surface area (Å²) >= 11 is 6.76. The lowest BCUT2D eigenvalue weighted by Gasteiger charge is -2.30. The molecule has 2 amide bonds. The minimum absolute atomic E-state index is 0.0317. The number of thiocarbonyl (C=S) groups is 1. The second-order valence-corrected chi connectivity index (χ2v) is 8.71. The normalized spacial score (nSPS) is 15.5. The van der Waals surface area contributed by atoms with E-state index in [2.05, 4.69) is 5.32 Å². The number of furan rings is 1. The Balaban J connectivity index is 1.62. The van der Waals surface area contributed by atoms with E-state index in [4.69, 9.17) is 16.6 Å². The van der Waals surface area contributed by atoms with Crippen LogP contribution in [-0.2, 0) is 9.59 Å². The van der Waals surface area contributed by atoms with E-state index in [9.17, 15) is 9.59 Å². The third-order valence-electron chi connectivity index (χ3n) is 5.05. The van der Waals surface area contributed by atoms with Gasteiger partial charge in [0.05, 0.1) is 5.69 Å². The first-order valence-electron chi connectivity index (χ1n) is 9.65. The Labute approximate surface area is 190 Å². The second-order valence-electron chi connectivity index (χ2n) is 7.25. The van der Waals surface area contributed by atoms with Crippen molar-refractivity contribution in [2.45, 2.75) is 30.8 Å². The van der Waals surface area contributed by atoms with Gasteiger partial charge in [0.2, 0.25) is 0 Å². The number of rotatable bonds is 4. The number of hydrogen-bond acceptors (Lipinski definition) is 5. The maximum atomic E-state index is 13.2. The quantitative estimate of drug-likeness (QED) is 0.338. The monoisotopic (exact) mass is 448 g/mol. The van der Waals surface area contributed by atoms with Crippen LogP contribution in [0.4, 0.5) is 5.69 Å². The molecule has 2 heterocycles. The Bertz CT molecular complexity index is 1230. The second kappa shape index (κ2) is 8.53. The zero-order chi connectivity index (χ0) is 22.1. The van der Waals surface area contributed by atoms with E-state index in [1.165, 1.54) is 28.3 Å². The molecule has 0 aliphatic carbocycles. The fourth-order valence-corrected chi connectivity index (χ4v) is 4.24. The summed E-state index contributed by atoms with van der Waals surface area (Å²) in [5, 5.41) is 3.34. The first-order chi connectivity index (χ1) is 14.8. The van der Waals surface area contributed by atoms with Crippen LogP contribution in [0, 0.1) is 20.8 Å². The number of anilines is 1. The topological polar surface area (TPSA) is 62.6 Å². The molecule has 0 radical (unpaired) electrons. The highest BCUT2D eigenvalue weighted by Gasteiger charge is 2.35. The minimum Gasteiger partial charge on any atom is -0.450 e. The van der Waals surface area contributed by atoms with Gasteiger partial charge in [-0.3, -0.25) is 19.8 Å². The van der Waals surface area contributed by atoms with Crippen molar-refractivity contribution in [3.05, 3.63) is 82.6 Å². The van der Waals surface area contributed by atoms with E-state index in [0.717, 1.165) is 16.0 Å². The van der Waals surface area contributed by atoms with Crippen molar-refractivity contribution in [1.82, 2.24) is 5.32 Å². The van der Waals surface area contributed by atoms with Crippen molar-refractivity contribution >= 4 is 52.7 Å². The van der Waals surface area contributed by atoms with Gasteiger partial charge in [-0.15, -0.1) is 0 Å². The summed E-state index contributed by atoms with van der Waals surface area (Å²) in [4.78, 5) is 28.1. The van der Waals surface area contributed by atoms with Gasteiger partial charge in [0.1, 0.15) is 11.3 Å². The molecule has 31 heavy (non-hydrogen) atoms. The summed E-state index contributed by atoms with van der Waals surface area (Å²) in [6.07, 6.45) is 1.46. The Morgan fingerprint density at radius 1 is 1.00 bits per heavy atom. The van der Waals surface area contributed by atoms with Crippen molar-refractivity contribution in [1.29, 1.82) is 0 Å². The molecule has 4 rings (SSSR count). The third kappa shape index (κ3) is 4.33. The Morgan fingerprint density at radius 3 is 2.48 bits per heavy atom. The van der Waals surface area contributed by atoms with Crippen LogP contribution in [0.1, 0.15) is 22.5 Å². The smallest absolute Gasteiger partial charge is 0.270 e. The van der Waals surface area contributed by atoms with E-state index >= 15 is 0 Å². The van der Waals surface area contributed by atoms with Crippen LogP contribution in [0.2, 0.25) is 0 Å². The average molecular weight is 449 g/mol. The zero-order valence-corrected chi connectivity index (χ0v) is 18.9. The number of benzene rings is 2. The molecule has 0 spiro atoms.